The van der Waals surface area contributed by atoms with Gasteiger partial charge in [0.15, 0.2) is 0 Å². The summed E-state index contributed by atoms with van der Waals surface area (Å²) in [6.07, 6.45) is 2.05. The number of carboxylic acid groups (broad SMARTS) is 1. The van der Waals surface area contributed by atoms with Crippen molar-refractivity contribution in [2.75, 3.05) is 6.61 Å². The standard InChI is InChI=1S/C9H12N2O3/c1-2-14-8-6(9(12)13)7(10-11-8)5-3-4-5/h5H,2-4H2,1H3,(H,10,11)(H,12,13). The molecule has 1 aliphatic rings. The molecule has 0 saturated heterocycles. The summed E-state index contributed by atoms with van der Waals surface area (Å²) in [5.74, 6) is -0.377. The van der Waals surface area contributed by atoms with Gasteiger partial charge in [0.25, 0.3) is 0 Å². The van der Waals surface area contributed by atoms with Gasteiger partial charge in [0.05, 0.1) is 12.3 Å². The van der Waals surface area contributed by atoms with Crippen LogP contribution in [-0.2, 0) is 0 Å². The van der Waals surface area contributed by atoms with E-state index in [0.717, 1.165) is 12.8 Å². The largest absolute Gasteiger partial charge is 0.478 e. The summed E-state index contributed by atoms with van der Waals surface area (Å²) in [6.45, 7) is 2.25. The highest BCUT2D eigenvalue weighted by Gasteiger charge is 2.33. The third-order valence-electron chi connectivity index (χ3n) is 2.23. The lowest BCUT2D eigenvalue weighted by Crippen LogP contribution is -2.03. The van der Waals surface area contributed by atoms with Gasteiger partial charge < -0.3 is 9.84 Å². The average Bonchev–Trinajstić information content (AvgIpc) is 2.88. The third kappa shape index (κ3) is 1.45. The fourth-order valence-corrected chi connectivity index (χ4v) is 1.45. The molecule has 1 heterocycles. The van der Waals surface area contributed by atoms with E-state index in [1.165, 1.54) is 0 Å². The Bertz CT molecular complexity index is 355. The van der Waals surface area contributed by atoms with E-state index in [2.05, 4.69) is 10.2 Å². The number of carboxylic acids is 1. The molecule has 0 radical (unpaired) electrons. The van der Waals surface area contributed by atoms with Gasteiger partial charge in [0.2, 0.25) is 5.88 Å². The molecule has 0 aromatic carbocycles. The first-order valence-electron chi connectivity index (χ1n) is 4.68. The molecule has 0 bridgehead atoms. The average molecular weight is 196 g/mol. The van der Waals surface area contributed by atoms with Crippen LogP contribution in [0.3, 0.4) is 0 Å². The minimum absolute atomic E-state index is 0.203. The Morgan fingerprint density at radius 1 is 1.71 bits per heavy atom. The topological polar surface area (TPSA) is 75.2 Å². The number of aromatic amines is 1. The van der Waals surface area contributed by atoms with Crippen LogP contribution in [0.5, 0.6) is 5.88 Å². The van der Waals surface area contributed by atoms with E-state index in [1.807, 2.05) is 6.92 Å². The van der Waals surface area contributed by atoms with Crippen LogP contribution in [0, 0.1) is 0 Å². The summed E-state index contributed by atoms with van der Waals surface area (Å²) in [4.78, 5) is 11.0. The zero-order valence-corrected chi connectivity index (χ0v) is 7.91. The molecule has 0 amide bonds. The molecule has 1 saturated carbocycles. The van der Waals surface area contributed by atoms with Gasteiger partial charge in [-0.3, -0.25) is 0 Å². The summed E-state index contributed by atoms with van der Waals surface area (Å²) >= 11 is 0. The number of H-pyrrole nitrogens is 1. The van der Waals surface area contributed by atoms with Crippen molar-refractivity contribution < 1.29 is 14.6 Å². The van der Waals surface area contributed by atoms with Crippen molar-refractivity contribution in [3.05, 3.63) is 11.3 Å². The molecule has 0 unspecified atom stereocenters. The molecule has 0 spiro atoms. The zero-order valence-electron chi connectivity index (χ0n) is 7.91. The number of hydrogen-bond acceptors (Lipinski definition) is 3. The minimum Gasteiger partial charge on any atom is -0.478 e. The van der Waals surface area contributed by atoms with Crippen molar-refractivity contribution in [2.24, 2.45) is 0 Å². The Morgan fingerprint density at radius 3 is 2.93 bits per heavy atom. The summed E-state index contributed by atoms with van der Waals surface area (Å²) < 4.78 is 5.16. The predicted molar refractivity (Wildman–Crippen MR) is 48.7 cm³/mol. The van der Waals surface area contributed by atoms with Crippen molar-refractivity contribution in [1.82, 2.24) is 10.2 Å². The molecule has 2 N–H and O–H groups in total. The number of rotatable bonds is 4. The first-order chi connectivity index (χ1) is 6.74. The van der Waals surface area contributed by atoms with E-state index in [9.17, 15) is 4.79 Å². The summed E-state index contributed by atoms with van der Waals surface area (Å²) in [5, 5.41) is 15.6. The van der Waals surface area contributed by atoms with Crippen LogP contribution in [0.2, 0.25) is 0 Å². The molecule has 1 aliphatic carbocycles. The van der Waals surface area contributed by atoms with Crippen molar-refractivity contribution in [3.63, 3.8) is 0 Å². The monoisotopic (exact) mass is 196 g/mol. The SMILES string of the molecule is CCOc1[nH]nc(C2CC2)c1C(=O)O. The van der Waals surface area contributed by atoms with Gasteiger partial charge in [-0.25, -0.2) is 9.89 Å². The van der Waals surface area contributed by atoms with Crippen LogP contribution in [0.25, 0.3) is 0 Å². The van der Waals surface area contributed by atoms with Gasteiger partial charge in [-0.15, -0.1) is 0 Å². The second-order valence-electron chi connectivity index (χ2n) is 3.33. The Hall–Kier alpha value is -1.52. The van der Waals surface area contributed by atoms with Crippen molar-refractivity contribution >= 4 is 5.97 Å². The van der Waals surface area contributed by atoms with Gasteiger partial charge >= 0.3 is 5.97 Å². The number of ether oxygens (including phenoxy) is 1. The number of nitrogens with zero attached hydrogens (tertiary/aromatic N) is 1. The fourth-order valence-electron chi connectivity index (χ4n) is 1.45. The summed E-state index contributed by atoms with van der Waals surface area (Å²) in [5.41, 5.74) is 0.843. The van der Waals surface area contributed by atoms with E-state index in [-0.39, 0.29) is 11.4 Å². The molecule has 1 aromatic rings. The number of hydrogen-bond donors (Lipinski definition) is 2. The number of nitrogens with one attached hydrogen (secondary N) is 1. The Labute approximate surface area is 81.1 Å². The number of aromatic carboxylic acids is 1. The maximum Gasteiger partial charge on any atom is 0.343 e. The Morgan fingerprint density at radius 2 is 2.43 bits per heavy atom. The maximum atomic E-state index is 11.0. The number of carbonyl (C=O) groups is 1. The van der Waals surface area contributed by atoms with Crippen LogP contribution in [0.15, 0.2) is 0 Å². The molecular weight excluding hydrogens is 184 g/mol. The highest BCUT2D eigenvalue weighted by Crippen LogP contribution is 2.42. The van der Waals surface area contributed by atoms with E-state index < -0.39 is 5.97 Å². The smallest absolute Gasteiger partial charge is 0.343 e. The van der Waals surface area contributed by atoms with E-state index in [1.54, 1.807) is 0 Å². The van der Waals surface area contributed by atoms with Gasteiger partial charge in [0.1, 0.15) is 5.56 Å². The van der Waals surface area contributed by atoms with E-state index in [4.69, 9.17) is 9.84 Å². The molecular formula is C9H12N2O3. The Balaban J connectivity index is 2.35. The Kier molecular flexibility index (Phi) is 2.15. The summed E-state index contributed by atoms with van der Waals surface area (Å²) in [6, 6.07) is 0. The highest BCUT2D eigenvalue weighted by molar-refractivity contribution is 5.92. The number of aromatic nitrogens is 2. The molecule has 2 rings (SSSR count). The van der Waals surface area contributed by atoms with Gasteiger partial charge in [-0.2, -0.15) is 5.10 Å². The van der Waals surface area contributed by atoms with Gasteiger partial charge in [0, 0.05) is 5.92 Å². The first-order valence-corrected chi connectivity index (χ1v) is 4.68. The van der Waals surface area contributed by atoms with Crippen LogP contribution >= 0.6 is 0 Å². The second-order valence-corrected chi connectivity index (χ2v) is 3.33. The lowest BCUT2D eigenvalue weighted by Gasteiger charge is -2.00. The fraction of sp³-hybridized carbons (Fsp3) is 0.556. The molecule has 5 heteroatoms. The quantitative estimate of drug-likeness (QED) is 0.762. The van der Waals surface area contributed by atoms with E-state index >= 15 is 0 Å². The first kappa shape index (κ1) is 9.05. The molecule has 14 heavy (non-hydrogen) atoms. The van der Waals surface area contributed by atoms with Gasteiger partial charge in [-0.1, -0.05) is 0 Å². The lowest BCUT2D eigenvalue weighted by molar-refractivity contribution is 0.0691. The highest BCUT2D eigenvalue weighted by atomic mass is 16.5. The lowest BCUT2D eigenvalue weighted by atomic mass is 10.2. The van der Waals surface area contributed by atoms with Crippen LogP contribution < -0.4 is 4.74 Å². The van der Waals surface area contributed by atoms with Crippen LogP contribution in [-0.4, -0.2) is 27.9 Å². The van der Waals surface area contributed by atoms with Crippen molar-refractivity contribution in [1.29, 1.82) is 0 Å². The molecule has 1 fully saturated rings. The van der Waals surface area contributed by atoms with Crippen molar-refractivity contribution in [3.8, 4) is 5.88 Å². The third-order valence-corrected chi connectivity index (χ3v) is 2.23. The molecule has 0 aliphatic heterocycles. The van der Waals surface area contributed by atoms with Crippen LogP contribution in [0.1, 0.15) is 41.7 Å². The van der Waals surface area contributed by atoms with Crippen LogP contribution in [0.4, 0.5) is 0 Å². The maximum absolute atomic E-state index is 11.0. The molecule has 5 nitrogen and oxygen atoms in total. The molecule has 1 aromatic heterocycles. The normalized spacial score (nSPS) is 15.5. The zero-order chi connectivity index (χ0) is 10.1. The molecule has 0 atom stereocenters. The van der Waals surface area contributed by atoms with E-state index in [0.29, 0.717) is 18.2 Å². The molecule has 76 valence electrons. The summed E-state index contributed by atoms with van der Waals surface area (Å²) in [7, 11) is 0. The van der Waals surface area contributed by atoms with Gasteiger partial charge in [-0.05, 0) is 19.8 Å². The second kappa shape index (κ2) is 3.32. The predicted octanol–water partition coefficient (Wildman–Crippen LogP) is 1.38. The van der Waals surface area contributed by atoms with Crippen molar-refractivity contribution in [2.45, 2.75) is 25.7 Å². The minimum atomic E-state index is -0.968.